The van der Waals surface area contributed by atoms with E-state index in [1.54, 1.807) is 11.8 Å². The van der Waals surface area contributed by atoms with Crippen molar-refractivity contribution in [2.75, 3.05) is 5.75 Å². The van der Waals surface area contributed by atoms with Crippen LogP contribution in [0.15, 0.2) is 12.2 Å². The largest absolute Gasteiger partial charge is 0.287 e. The summed E-state index contributed by atoms with van der Waals surface area (Å²) >= 11 is 1.60. The van der Waals surface area contributed by atoms with Crippen LogP contribution < -0.4 is 0 Å². The van der Waals surface area contributed by atoms with E-state index < -0.39 is 0 Å². The Morgan fingerprint density at radius 3 is 1.13 bits per heavy atom. The van der Waals surface area contributed by atoms with Gasteiger partial charge in [-0.1, -0.05) is 185 Å². The normalized spacial score (nSPS) is 11.6. The molecule has 0 amide bonds. The van der Waals surface area contributed by atoms with Gasteiger partial charge in [-0.05, 0) is 38.5 Å². The van der Waals surface area contributed by atoms with Crippen molar-refractivity contribution in [2.24, 2.45) is 0 Å². The zero-order valence-corrected chi connectivity index (χ0v) is 27.2. The van der Waals surface area contributed by atoms with Crippen LogP contribution in [-0.2, 0) is 4.79 Å². The SMILES string of the molecule is CCCCCCCC/C=C\CCCCCCCC(=O)SCCCCCCCCCCCCCCCCCC. The van der Waals surface area contributed by atoms with Gasteiger partial charge in [0.15, 0.2) is 5.12 Å². The summed E-state index contributed by atoms with van der Waals surface area (Å²) in [4.78, 5) is 12.1. The van der Waals surface area contributed by atoms with E-state index in [0.717, 1.165) is 18.6 Å². The van der Waals surface area contributed by atoms with Crippen LogP contribution in [-0.4, -0.2) is 10.9 Å². The molecule has 0 spiro atoms. The molecule has 0 heterocycles. The summed E-state index contributed by atoms with van der Waals surface area (Å²) < 4.78 is 0. The molecule has 226 valence electrons. The Morgan fingerprint density at radius 1 is 0.421 bits per heavy atom. The lowest BCUT2D eigenvalue weighted by Gasteiger charge is -2.04. The highest BCUT2D eigenvalue weighted by atomic mass is 32.2. The highest BCUT2D eigenvalue weighted by Gasteiger charge is 2.02. The molecule has 0 aromatic rings. The Hall–Kier alpha value is -0.240. The molecule has 0 saturated carbocycles. The van der Waals surface area contributed by atoms with E-state index in [-0.39, 0.29) is 0 Å². The van der Waals surface area contributed by atoms with Gasteiger partial charge in [-0.3, -0.25) is 4.79 Å². The van der Waals surface area contributed by atoms with Crippen LogP contribution in [0.3, 0.4) is 0 Å². The number of carbonyl (C=O) groups is 1. The van der Waals surface area contributed by atoms with Crippen molar-refractivity contribution in [1.82, 2.24) is 0 Å². The summed E-state index contributed by atoms with van der Waals surface area (Å²) in [6, 6.07) is 0. The molecule has 38 heavy (non-hydrogen) atoms. The third-order valence-electron chi connectivity index (χ3n) is 7.90. The molecule has 0 N–H and O–H groups in total. The summed E-state index contributed by atoms with van der Waals surface area (Å²) in [5.74, 6) is 1.04. The first-order valence-corrected chi connectivity index (χ1v) is 18.6. The molecule has 0 rings (SSSR count). The Morgan fingerprint density at radius 2 is 0.737 bits per heavy atom. The molecule has 0 aromatic heterocycles. The predicted molar refractivity (Wildman–Crippen MR) is 176 cm³/mol. The van der Waals surface area contributed by atoms with Crippen LogP contribution >= 0.6 is 11.8 Å². The van der Waals surface area contributed by atoms with Crippen LogP contribution in [0.5, 0.6) is 0 Å². The molecule has 0 atom stereocenters. The lowest BCUT2D eigenvalue weighted by atomic mass is 10.0. The van der Waals surface area contributed by atoms with Crippen molar-refractivity contribution in [3.05, 3.63) is 12.2 Å². The van der Waals surface area contributed by atoms with E-state index in [1.165, 1.54) is 180 Å². The average molecular weight is 551 g/mol. The second kappa shape index (κ2) is 34.8. The second-order valence-electron chi connectivity index (χ2n) is 11.9. The molecule has 0 fully saturated rings. The Kier molecular flexibility index (Phi) is 34.6. The fraction of sp³-hybridized carbons (Fsp3) is 0.917. The predicted octanol–water partition coefficient (Wildman–Crippen LogP) is 13.5. The maximum atomic E-state index is 12.1. The van der Waals surface area contributed by atoms with Gasteiger partial charge in [0.1, 0.15) is 0 Å². The Labute approximate surface area is 245 Å². The van der Waals surface area contributed by atoms with Gasteiger partial charge in [-0.2, -0.15) is 0 Å². The molecule has 2 heteroatoms. The highest BCUT2D eigenvalue weighted by Crippen LogP contribution is 2.17. The van der Waals surface area contributed by atoms with Crippen LogP contribution in [0.4, 0.5) is 0 Å². The van der Waals surface area contributed by atoms with Crippen LogP contribution in [0, 0.1) is 0 Å². The van der Waals surface area contributed by atoms with Gasteiger partial charge >= 0.3 is 0 Å². The maximum absolute atomic E-state index is 12.1. The molecule has 0 aromatic carbocycles. The zero-order chi connectivity index (χ0) is 27.6. The first-order chi connectivity index (χ1) is 18.8. The molecule has 0 saturated heterocycles. The van der Waals surface area contributed by atoms with E-state index in [2.05, 4.69) is 26.0 Å². The quantitative estimate of drug-likeness (QED) is 0.0612. The van der Waals surface area contributed by atoms with E-state index in [9.17, 15) is 4.79 Å². The molecular formula is C36H70OS. The molecule has 0 unspecified atom stereocenters. The van der Waals surface area contributed by atoms with E-state index in [4.69, 9.17) is 0 Å². The molecular weight excluding hydrogens is 480 g/mol. The summed E-state index contributed by atoms with van der Waals surface area (Å²) in [6.45, 7) is 4.58. The summed E-state index contributed by atoms with van der Waals surface area (Å²) in [7, 11) is 0. The number of carbonyl (C=O) groups excluding carboxylic acids is 1. The van der Waals surface area contributed by atoms with Crippen LogP contribution in [0.2, 0.25) is 0 Å². The van der Waals surface area contributed by atoms with Crippen molar-refractivity contribution >= 4 is 16.9 Å². The number of thioether (sulfide) groups is 1. The molecule has 1 nitrogen and oxygen atoms in total. The lowest BCUT2D eigenvalue weighted by Crippen LogP contribution is -1.94. The molecule has 0 bridgehead atoms. The lowest BCUT2D eigenvalue weighted by molar-refractivity contribution is -0.111. The topological polar surface area (TPSA) is 17.1 Å². The fourth-order valence-corrected chi connectivity index (χ4v) is 6.11. The van der Waals surface area contributed by atoms with Gasteiger partial charge in [-0.15, -0.1) is 0 Å². The monoisotopic (exact) mass is 551 g/mol. The van der Waals surface area contributed by atoms with Gasteiger partial charge in [0.2, 0.25) is 0 Å². The number of allylic oxidation sites excluding steroid dienone is 2. The molecule has 0 aliphatic rings. The van der Waals surface area contributed by atoms with Crippen molar-refractivity contribution in [2.45, 2.75) is 206 Å². The maximum Gasteiger partial charge on any atom is 0.188 e. The number of hydrogen-bond acceptors (Lipinski definition) is 2. The van der Waals surface area contributed by atoms with Crippen molar-refractivity contribution in [3.63, 3.8) is 0 Å². The molecule has 0 aliphatic heterocycles. The van der Waals surface area contributed by atoms with Gasteiger partial charge in [-0.25, -0.2) is 0 Å². The van der Waals surface area contributed by atoms with Gasteiger partial charge in [0, 0.05) is 12.2 Å². The zero-order valence-electron chi connectivity index (χ0n) is 26.4. The Bertz CT molecular complexity index is 472. The van der Waals surface area contributed by atoms with Crippen LogP contribution in [0.25, 0.3) is 0 Å². The first kappa shape index (κ1) is 37.8. The molecule has 0 radical (unpaired) electrons. The first-order valence-electron chi connectivity index (χ1n) is 17.6. The van der Waals surface area contributed by atoms with Gasteiger partial charge < -0.3 is 0 Å². The number of hydrogen-bond donors (Lipinski definition) is 0. The number of rotatable bonds is 32. The molecule has 0 aliphatic carbocycles. The van der Waals surface area contributed by atoms with Crippen molar-refractivity contribution in [1.29, 1.82) is 0 Å². The van der Waals surface area contributed by atoms with Crippen molar-refractivity contribution < 1.29 is 4.79 Å². The summed E-state index contributed by atoms with van der Waals surface area (Å²) in [5.41, 5.74) is 0. The minimum Gasteiger partial charge on any atom is -0.287 e. The highest BCUT2D eigenvalue weighted by molar-refractivity contribution is 8.13. The van der Waals surface area contributed by atoms with Crippen molar-refractivity contribution in [3.8, 4) is 0 Å². The van der Waals surface area contributed by atoms with E-state index >= 15 is 0 Å². The Balaban J connectivity index is 3.18. The fourth-order valence-electron chi connectivity index (χ4n) is 5.25. The average Bonchev–Trinajstić information content (AvgIpc) is 2.92. The summed E-state index contributed by atoms with van der Waals surface area (Å²) in [5, 5.41) is 0.434. The minimum absolute atomic E-state index is 0.434. The van der Waals surface area contributed by atoms with E-state index in [0.29, 0.717) is 5.12 Å². The van der Waals surface area contributed by atoms with Crippen LogP contribution in [0.1, 0.15) is 206 Å². The van der Waals surface area contributed by atoms with E-state index in [1.807, 2.05) is 0 Å². The minimum atomic E-state index is 0.434. The smallest absolute Gasteiger partial charge is 0.188 e. The van der Waals surface area contributed by atoms with Gasteiger partial charge in [0.05, 0.1) is 0 Å². The standard InChI is InChI=1S/C36H70OS/c1-3-5-7-9-11-13-15-17-19-21-23-25-27-29-31-33-35-38-36(37)34-32-30-28-26-24-22-20-18-16-14-12-10-8-6-4-2/h18,20H,3-17,19,21-35H2,1-2H3/b20-18-. The second-order valence-corrected chi connectivity index (χ2v) is 13.0. The number of unbranched alkanes of at least 4 members (excludes halogenated alkanes) is 26. The summed E-state index contributed by atoms with van der Waals surface area (Å²) in [6.07, 6.45) is 45.3. The van der Waals surface area contributed by atoms with Gasteiger partial charge in [0.25, 0.3) is 0 Å². The third-order valence-corrected chi connectivity index (χ3v) is 8.92. The third kappa shape index (κ3) is 33.8.